The van der Waals surface area contributed by atoms with Crippen molar-refractivity contribution >= 4 is 68.1 Å². The molecule has 68 heavy (non-hydrogen) atoms. The topological polar surface area (TPSA) is 180 Å². The zero-order valence-electron chi connectivity index (χ0n) is 36.6. The molecular formula is C46H51ClF3N6O8PS3. The summed E-state index contributed by atoms with van der Waals surface area (Å²) in [7, 11) is -15.3. The van der Waals surface area contributed by atoms with Crippen LogP contribution in [0.5, 0.6) is 0 Å². The van der Waals surface area contributed by atoms with E-state index in [0.717, 1.165) is 53.5 Å². The third-order valence-corrected chi connectivity index (χ3v) is 16.8. The molecule has 0 bridgehead atoms. The molecule has 7 rings (SSSR count). The fourth-order valence-electron chi connectivity index (χ4n) is 8.06. The molecule has 1 amide bonds. The quantitative estimate of drug-likeness (QED) is 0.0502. The highest BCUT2D eigenvalue weighted by molar-refractivity contribution is 7.99. The van der Waals surface area contributed by atoms with E-state index in [1.807, 2.05) is 76.4 Å². The summed E-state index contributed by atoms with van der Waals surface area (Å²) in [6.45, 7) is 5.74. The number of halogens is 4. The Labute approximate surface area is 403 Å². The lowest BCUT2D eigenvalue weighted by Gasteiger charge is -2.36. The van der Waals surface area contributed by atoms with E-state index in [1.54, 1.807) is 17.0 Å². The number of nitrogens with zero attached hydrogens (tertiary/aromatic N) is 4. The summed E-state index contributed by atoms with van der Waals surface area (Å²) >= 11 is 7.49. The summed E-state index contributed by atoms with van der Waals surface area (Å²) in [6, 6.07) is 33.0. The standard InChI is InChI=1S/C46H51ClF3N6O8PS3/c47-37-14-10-34(11-15-37)42-9-5-4-6-36(42)31-54-26-28-56(29-27-54)39-16-12-35(13-17-39)45(57)52-68(63,64)41-18-19-43(44(30-41)67(61,62)46(48,49)50)51-38(32-66-40-7-2-1-3-8-40)20-21-53-22-24-55(25-23-53)33-65(58,59)60/h1-19,30,38,51H,20-29,31-33H2,(H,52,57)(H2,58,59,60). The van der Waals surface area contributed by atoms with Gasteiger partial charge in [0, 0.05) is 98.4 Å². The molecule has 0 aliphatic carbocycles. The first-order valence-corrected chi connectivity index (χ1v) is 27.7. The molecule has 2 aliphatic rings. The average molecular weight is 1040 g/mol. The van der Waals surface area contributed by atoms with Crippen LogP contribution in [0.3, 0.4) is 0 Å². The number of amides is 1. The van der Waals surface area contributed by atoms with Gasteiger partial charge in [-0.15, -0.1) is 11.8 Å². The van der Waals surface area contributed by atoms with Crippen molar-refractivity contribution in [3.63, 3.8) is 0 Å². The molecule has 1 unspecified atom stereocenters. The lowest BCUT2D eigenvalue weighted by molar-refractivity contribution is -0.0436. The van der Waals surface area contributed by atoms with Crippen LogP contribution in [0.2, 0.25) is 5.02 Å². The number of benzene rings is 5. The molecule has 2 fully saturated rings. The number of carbonyl (C=O) groups excluding carboxylic acids is 1. The van der Waals surface area contributed by atoms with Crippen LogP contribution in [0.1, 0.15) is 22.3 Å². The van der Waals surface area contributed by atoms with Gasteiger partial charge in [0.05, 0.1) is 10.6 Å². The molecule has 0 saturated carbocycles. The Kier molecular flexibility index (Phi) is 16.7. The molecule has 0 spiro atoms. The monoisotopic (exact) mass is 1030 g/mol. The summed E-state index contributed by atoms with van der Waals surface area (Å²) in [4.78, 5) is 38.9. The third kappa shape index (κ3) is 13.6. The van der Waals surface area contributed by atoms with Crippen LogP contribution in [-0.2, 0) is 31.0 Å². The van der Waals surface area contributed by atoms with Crippen LogP contribution in [0, 0.1) is 0 Å². The van der Waals surface area contributed by atoms with Crippen LogP contribution in [0.15, 0.2) is 136 Å². The average Bonchev–Trinajstić information content (AvgIpc) is 3.30. The van der Waals surface area contributed by atoms with E-state index in [-0.39, 0.29) is 17.6 Å². The highest BCUT2D eigenvalue weighted by Gasteiger charge is 2.48. The zero-order chi connectivity index (χ0) is 48.7. The number of rotatable bonds is 18. The Bertz CT molecular complexity index is 2800. The maximum Gasteiger partial charge on any atom is 0.501 e. The van der Waals surface area contributed by atoms with Crippen molar-refractivity contribution in [2.24, 2.45) is 0 Å². The molecule has 22 heteroatoms. The van der Waals surface area contributed by atoms with Crippen molar-refractivity contribution in [1.29, 1.82) is 0 Å². The number of anilines is 2. The summed E-state index contributed by atoms with van der Waals surface area (Å²) < 4.78 is 110. The van der Waals surface area contributed by atoms with E-state index < -0.39 is 60.4 Å². The van der Waals surface area contributed by atoms with Gasteiger partial charge in [0.25, 0.3) is 25.8 Å². The molecule has 5 aromatic rings. The number of thioether (sulfide) groups is 1. The largest absolute Gasteiger partial charge is 0.501 e. The molecule has 364 valence electrons. The van der Waals surface area contributed by atoms with E-state index >= 15 is 0 Å². The van der Waals surface area contributed by atoms with E-state index in [2.05, 4.69) is 27.2 Å². The second kappa shape index (κ2) is 22.1. The Hall–Kier alpha value is -4.47. The molecule has 2 saturated heterocycles. The second-order valence-corrected chi connectivity index (χ2v) is 23.3. The third-order valence-electron chi connectivity index (χ3n) is 11.7. The van der Waals surface area contributed by atoms with Crippen LogP contribution in [-0.4, -0.2) is 130 Å². The highest BCUT2D eigenvalue weighted by Crippen LogP contribution is 2.38. The smallest absolute Gasteiger partial charge is 0.380 e. The van der Waals surface area contributed by atoms with Gasteiger partial charge in [-0.05, 0) is 89.8 Å². The predicted octanol–water partition coefficient (Wildman–Crippen LogP) is 7.46. The number of nitrogens with one attached hydrogen (secondary N) is 2. The minimum Gasteiger partial charge on any atom is -0.380 e. The number of sulfonamides is 1. The van der Waals surface area contributed by atoms with Crippen LogP contribution >= 0.6 is 31.0 Å². The van der Waals surface area contributed by atoms with Gasteiger partial charge < -0.3 is 24.9 Å². The maximum absolute atomic E-state index is 14.2. The van der Waals surface area contributed by atoms with E-state index in [4.69, 9.17) is 11.6 Å². The summed E-state index contributed by atoms with van der Waals surface area (Å²) in [5.74, 6) is -0.789. The van der Waals surface area contributed by atoms with Crippen molar-refractivity contribution in [3.8, 4) is 11.1 Å². The van der Waals surface area contributed by atoms with E-state index in [9.17, 15) is 49.2 Å². The van der Waals surface area contributed by atoms with Crippen molar-refractivity contribution in [2.75, 3.05) is 81.2 Å². The number of hydrogen-bond donors (Lipinski definition) is 4. The maximum atomic E-state index is 14.2. The van der Waals surface area contributed by atoms with E-state index in [1.165, 1.54) is 29.5 Å². The Morgan fingerprint density at radius 2 is 1.38 bits per heavy atom. The Morgan fingerprint density at radius 1 is 0.765 bits per heavy atom. The number of hydrogen-bond acceptors (Lipinski definition) is 12. The first kappa shape index (κ1) is 51.4. The molecular weight excluding hydrogens is 984 g/mol. The van der Waals surface area contributed by atoms with Crippen LogP contribution < -0.4 is 14.9 Å². The molecule has 0 aromatic heterocycles. The van der Waals surface area contributed by atoms with Gasteiger partial charge in [0.1, 0.15) is 11.2 Å². The van der Waals surface area contributed by atoms with Gasteiger partial charge in [0.2, 0.25) is 0 Å². The summed E-state index contributed by atoms with van der Waals surface area (Å²) in [5.41, 5.74) is -2.13. The SMILES string of the molecule is O=C(NS(=O)(=O)c1ccc(NC(CCN2CCN(CP(=O)(O)O)CC2)CSc2ccccc2)c(S(=O)(=O)C(F)(F)F)c1)c1ccc(N2CCN(Cc3ccccc3-c3ccc(Cl)cc3)CC2)cc1. The minimum atomic E-state index is -6.13. The van der Waals surface area contributed by atoms with Gasteiger partial charge in [-0.2, -0.15) is 13.2 Å². The lowest BCUT2D eigenvalue weighted by atomic mass is 9.99. The van der Waals surface area contributed by atoms with Crippen LogP contribution in [0.25, 0.3) is 11.1 Å². The molecule has 4 N–H and O–H groups in total. The van der Waals surface area contributed by atoms with Crippen LogP contribution in [0.4, 0.5) is 24.5 Å². The van der Waals surface area contributed by atoms with Crippen molar-refractivity contribution in [1.82, 2.24) is 19.4 Å². The number of carbonyl (C=O) groups is 1. The van der Waals surface area contributed by atoms with E-state index in [0.29, 0.717) is 63.3 Å². The fraction of sp³-hybridized carbons (Fsp3) is 0.326. The molecule has 5 aromatic carbocycles. The summed E-state index contributed by atoms with van der Waals surface area (Å²) in [5, 5.41) is 3.61. The van der Waals surface area contributed by atoms with Gasteiger partial charge in [0.15, 0.2) is 0 Å². The molecule has 14 nitrogen and oxygen atoms in total. The molecule has 1 atom stereocenters. The minimum absolute atomic E-state index is 0.0434. The van der Waals surface area contributed by atoms with Gasteiger partial charge in [-0.25, -0.2) is 21.6 Å². The zero-order valence-corrected chi connectivity index (χ0v) is 40.7. The molecule has 0 radical (unpaired) electrons. The Morgan fingerprint density at radius 3 is 2.03 bits per heavy atom. The van der Waals surface area contributed by atoms with Gasteiger partial charge in [-0.1, -0.05) is 66.2 Å². The van der Waals surface area contributed by atoms with Gasteiger partial charge >= 0.3 is 13.1 Å². The summed E-state index contributed by atoms with van der Waals surface area (Å²) in [6.07, 6.45) is -0.0584. The van der Waals surface area contributed by atoms with Crippen molar-refractivity contribution in [3.05, 3.63) is 137 Å². The first-order valence-electron chi connectivity index (χ1n) is 21.6. The highest BCUT2D eigenvalue weighted by atomic mass is 35.5. The molecule has 2 heterocycles. The predicted molar refractivity (Wildman–Crippen MR) is 259 cm³/mol. The molecule has 2 aliphatic heterocycles. The second-order valence-electron chi connectivity index (χ2n) is 16.5. The normalized spacial score (nSPS) is 16.4. The van der Waals surface area contributed by atoms with Crippen molar-refractivity contribution < 1.29 is 49.2 Å². The lowest BCUT2D eigenvalue weighted by Crippen LogP contribution is -2.47. The van der Waals surface area contributed by atoms with Crippen molar-refractivity contribution in [2.45, 2.75) is 39.2 Å². The fourth-order valence-corrected chi connectivity index (χ4v) is 12.0. The first-order chi connectivity index (χ1) is 32.2. The number of sulfone groups is 1. The number of alkyl halides is 3. The number of piperazine rings is 2. The Balaban J connectivity index is 1.01. The van der Waals surface area contributed by atoms with Gasteiger partial charge in [-0.3, -0.25) is 19.2 Å².